The molecule has 0 fully saturated rings. The van der Waals surface area contributed by atoms with E-state index in [1.54, 1.807) is 48.5 Å². The second-order valence-corrected chi connectivity index (χ2v) is 5.59. The third kappa shape index (κ3) is 4.59. The zero-order valence-electron chi connectivity index (χ0n) is 14.1. The van der Waals surface area contributed by atoms with Crippen LogP contribution in [0.1, 0.15) is 41.5 Å². The smallest absolute Gasteiger partial charge is 0.255 e. The standard InChI is InChI=1S/C19H22N2O3/c1-4-24-15-9-7-8-14(12-15)18(22)21-17-11-6-5-10-16(17)19(23)20-13(2)3/h5-13H,4H2,1-3H3,(H,20,23)(H,21,22). The number of para-hydroxylation sites is 1. The quantitative estimate of drug-likeness (QED) is 0.854. The molecule has 0 radical (unpaired) electrons. The topological polar surface area (TPSA) is 67.4 Å². The summed E-state index contributed by atoms with van der Waals surface area (Å²) in [5.74, 6) is 0.126. The van der Waals surface area contributed by atoms with Gasteiger partial charge in [0.15, 0.2) is 0 Å². The highest BCUT2D eigenvalue weighted by atomic mass is 16.5. The molecule has 0 aromatic heterocycles. The Kier molecular flexibility index (Phi) is 5.95. The van der Waals surface area contributed by atoms with Crippen LogP contribution in [-0.4, -0.2) is 24.5 Å². The van der Waals surface area contributed by atoms with Crippen molar-refractivity contribution in [2.45, 2.75) is 26.8 Å². The van der Waals surface area contributed by atoms with Gasteiger partial charge in [-0.3, -0.25) is 9.59 Å². The molecule has 0 aliphatic carbocycles. The third-order valence-electron chi connectivity index (χ3n) is 3.25. The average Bonchev–Trinajstić information content (AvgIpc) is 2.55. The number of benzene rings is 2. The molecular weight excluding hydrogens is 304 g/mol. The molecular formula is C19H22N2O3. The molecule has 126 valence electrons. The van der Waals surface area contributed by atoms with Gasteiger partial charge in [-0.15, -0.1) is 0 Å². The van der Waals surface area contributed by atoms with Gasteiger partial charge in [0.2, 0.25) is 0 Å². The Balaban J connectivity index is 2.20. The minimum atomic E-state index is -0.290. The molecule has 0 aliphatic rings. The Morgan fingerprint density at radius 2 is 1.79 bits per heavy atom. The monoisotopic (exact) mass is 326 g/mol. The number of ether oxygens (including phenoxy) is 1. The van der Waals surface area contributed by atoms with E-state index in [-0.39, 0.29) is 17.9 Å². The molecule has 0 unspecified atom stereocenters. The van der Waals surface area contributed by atoms with Crippen molar-refractivity contribution in [2.24, 2.45) is 0 Å². The number of rotatable bonds is 6. The van der Waals surface area contributed by atoms with Crippen molar-refractivity contribution in [3.8, 4) is 5.75 Å². The number of anilines is 1. The van der Waals surface area contributed by atoms with Crippen LogP contribution in [0.4, 0.5) is 5.69 Å². The van der Waals surface area contributed by atoms with Crippen molar-refractivity contribution in [3.63, 3.8) is 0 Å². The Morgan fingerprint density at radius 3 is 2.50 bits per heavy atom. The largest absolute Gasteiger partial charge is 0.494 e. The van der Waals surface area contributed by atoms with Crippen molar-refractivity contribution in [2.75, 3.05) is 11.9 Å². The Bertz CT molecular complexity index is 726. The van der Waals surface area contributed by atoms with E-state index in [9.17, 15) is 9.59 Å². The van der Waals surface area contributed by atoms with Gasteiger partial charge in [0.25, 0.3) is 11.8 Å². The zero-order valence-corrected chi connectivity index (χ0v) is 14.1. The van der Waals surface area contributed by atoms with Gasteiger partial charge in [-0.05, 0) is 51.1 Å². The van der Waals surface area contributed by atoms with Gasteiger partial charge in [-0.2, -0.15) is 0 Å². The first-order chi connectivity index (χ1) is 11.5. The number of nitrogens with one attached hydrogen (secondary N) is 2. The molecule has 2 aromatic carbocycles. The van der Waals surface area contributed by atoms with E-state index < -0.39 is 0 Å². The normalized spacial score (nSPS) is 10.3. The zero-order chi connectivity index (χ0) is 17.5. The van der Waals surface area contributed by atoms with Crippen LogP contribution in [-0.2, 0) is 0 Å². The maximum atomic E-state index is 12.5. The highest BCUT2D eigenvalue weighted by molar-refractivity contribution is 6.09. The maximum absolute atomic E-state index is 12.5. The Hall–Kier alpha value is -2.82. The predicted molar refractivity (Wildman–Crippen MR) is 94.6 cm³/mol. The van der Waals surface area contributed by atoms with E-state index >= 15 is 0 Å². The fourth-order valence-corrected chi connectivity index (χ4v) is 2.22. The molecule has 0 heterocycles. The lowest BCUT2D eigenvalue weighted by molar-refractivity contribution is 0.0944. The summed E-state index contributed by atoms with van der Waals surface area (Å²) in [6.07, 6.45) is 0. The summed E-state index contributed by atoms with van der Waals surface area (Å²) in [4.78, 5) is 24.7. The molecule has 0 saturated heterocycles. The van der Waals surface area contributed by atoms with Crippen LogP contribution in [0.25, 0.3) is 0 Å². The number of hydrogen-bond donors (Lipinski definition) is 2. The van der Waals surface area contributed by atoms with E-state index in [1.807, 2.05) is 20.8 Å². The molecule has 2 amide bonds. The van der Waals surface area contributed by atoms with Crippen LogP contribution in [0, 0.1) is 0 Å². The van der Waals surface area contributed by atoms with E-state index in [0.717, 1.165) is 0 Å². The van der Waals surface area contributed by atoms with Crippen LogP contribution in [0.2, 0.25) is 0 Å². The fraction of sp³-hybridized carbons (Fsp3) is 0.263. The van der Waals surface area contributed by atoms with Gasteiger partial charge in [-0.1, -0.05) is 18.2 Å². The minimum Gasteiger partial charge on any atom is -0.494 e. The van der Waals surface area contributed by atoms with Crippen LogP contribution in [0.5, 0.6) is 5.75 Å². The minimum absolute atomic E-state index is 0.0177. The maximum Gasteiger partial charge on any atom is 0.255 e. The lowest BCUT2D eigenvalue weighted by Crippen LogP contribution is -2.31. The van der Waals surface area contributed by atoms with Crippen molar-refractivity contribution >= 4 is 17.5 Å². The van der Waals surface area contributed by atoms with Gasteiger partial charge in [0, 0.05) is 11.6 Å². The first-order valence-corrected chi connectivity index (χ1v) is 7.95. The molecule has 0 aliphatic heterocycles. The number of hydrogen-bond acceptors (Lipinski definition) is 3. The summed E-state index contributed by atoms with van der Waals surface area (Å²) in [6, 6.07) is 13.9. The van der Waals surface area contributed by atoms with Gasteiger partial charge in [0.1, 0.15) is 5.75 Å². The van der Waals surface area contributed by atoms with Gasteiger partial charge >= 0.3 is 0 Å². The molecule has 0 atom stereocenters. The van der Waals surface area contributed by atoms with Gasteiger partial charge in [-0.25, -0.2) is 0 Å². The predicted octanol–water partition coefficient (Wildman–Crippen LogP) is 3.48. The lowest BCUT2D eigenvalue weighted by Gasteiger charge is -2.13. The molecule has 0 bridgehead atoms. The number of carbonyl (C=O) groups is 2. The lowest BCUT2D eigenvalue weighted by atomic mass is 10.1. The molecule has 24 heavy (non-hydrogen) atoms. The molecule has 0 saturated carbocycles. The van der Waals surface area contributed by atoms with Crippen LogP contribution in [0.3, 0.4) is 0 Å². The van der Waals surface area contributed by atoms with Gasteiger partial charge < -0.3 is 15.4 Å². The summed E-state index contributed by atoms with van der Waals surface area (Å²) in [7, 11) is 0. The Morgan fingerprint density at radius 1 is 1.04 bits per heavy atom. The first kappa shape index (κ1) is 17.5. The third-order valence-corrected chi connectivity index (χ3v) is 3.25. The molecule has 5 nitrogen and oxygen atoms in total. The van der Waals surface area contributed by atoms with Crippen LogP contribution in [0.15, 0.2) is 48.5 Å². The second kappa shape index (κ2) is 8.15. The SMILES string of the molecule is CCOc1cccc(C(=O)Nc2ccccc2C(=O)NC(C)C)c1. The summed E-state index contributed by atoms with van der Waals surface area (Å²) in [5.41, 5.74) is 1.38. The van der Waals surface area contributed by atoms with Crippen LogP contribution < -0.4 is 15.4 Å². The molecule has 5 heteroatoms. The Labute approximate surface area is 142 Å². The molecule has 0 spiro atoms. The molecule has 2 N–H and O–H groups in total. The average molecular weight is 326 g/mol. The van der Waals surface area contributed by atoms with Gasteiger partial charge in [0.05, 0.1) is 17.9 Å². The van der Waals surface area contributed by atoms with Crippen molar-refractivity contribution < 1.29 is 14.3 Å². The van der Waals surface area contributed by atoms with Crippen molar-refractivity contribution in [3.05, 3.63) is 59.7 Å². The highest BCUT2D eigenvalue weighted by Gasteiger charge is 2.15. The number of carbonyl (C=O) groups excluding carboxylic acids is 2. The van der Waals surface area contributed by atoms with Crippen LogP contribution >= 0.6 is 0 Å². The van der Waals surface area contributed by atoms with E-state index in [4.69, 9.17) is 4.74 Å². The van der Waals surface area contributed by atoms with E-state index in [0.29, 0.717) is 29.2 Å². The summed E-state index contributed by atoms with van der Waals surface area (Å²) in [6.45, 7) is 6.19. The van der Waals surface area contributed by atoms with E-state index in [1.165, 1.54) is 0 Å². The summed E-state index contributed by atoms with van der Waals surface area (Å²) < 4.78 is 5.41. The van der Waals surface area contributed by atoms with Crippen molar-refractivity contribution in [1.82, 2.24) is 5.32 Å². The van der Waals surface area contributed by atoms with Crippen molar-refractivity contribution in [1.29, 1.82) is 0 Å². The summed E-state index contributed by atoms with van der Waals surface area (Å²) >= 11 is 0. The first-order valence-electron chi connectivity index (χ1n) is 7.95. The molecule has 2 rings (SSSR count). The highest BCUT2D eigenvalue weighted by Crippen LogP contribution is 2.18. The summed E-state index contributed by atoms with van der Waals surface area (Å²) in [5, 5.41) is 5.62. The van der Waals surface area contributed by atoms with E-state index in [2.05, 4.69) is 10.6 Å². The fourth-order valence-electron chi connectivity index (χ4n) is 2.22. The molecule has 2 aromatic rings. The number of amides is 2. The second-order valence-electron chi connectivity index (χ2n) is 5.59.